The Morgan fingerprint density at radius 2 is 1.76 bits per heavy atom. The monoisotopic (exact) mass is 432 g/mol. The first-order chi connectivity index (χ1) is 14.1. The number of anilines is 1. The van der Waals surface area contributed by atoms with Crippen molar-refractivity contribution in [3.63, 3.8) is 0 Å². The number of rotatable bonds is 4. The number of hydrogen-bond acceptors (Lipinski definition) is 7. The molecule has 0 spiro atoms. The number of halogens is 2. The van der Waals surface area contributed by atoms with Gasteiger partial charge in [0.25, 0.3) is 0 Å². The van der Waals surface area contributed by atoms with Crippen LogP contribution < -0.4 is 10.2 Å². The number of nitrogens with one attached hydrogen (secondary N) is 2. The maximum Gasteiger partial charge on any atom is 0.188 e. The first-order valence-corrected chi connectivity index (χ1v) is 10.9. The molecule has 0 saturated carbocycles. The second-order valence-corrected chi connectivity index (χ2v) is 8.95. The van der Waals surface area contributed by atoms with Gasteiger partial charge in [0.1, 0.15) is 16.6 Å². The Labute approximate surface area is 173 Å². The van der Waals surface area contributed by atoms with Gasteiger partial charge in [-0.2, -0.15) is 5.10 Å². The number of nitrogens with zero attached hydrogens (tertiary/aromatic N) is 4. The van der Waals surface area contributed by atoms with Crippen LogP contribution in [-0.2, 0) is 0 Å². The Morgan fingerprint density at radius 3 is 2.48 bits per heavy atom. The number of hydrogen-bond donors (Lipinski definition) is 2. The summed E-state index contributed by atoms with van der Waals surface area (Å²) in [6.45, 7) is 2.02. The number of benzene rings is 1. The van der Waals surface area contributed by atoms with Crippen LogP contribution in [0.2, 0.25) is 0 Å². The van der Waals surface area contributed by atoms with Crippen LogP contribution in [0.1, 0.15) is 12.8 Å². The fourth-order valence-electron chi connectivity index (χ4n) is 3.58. The quantitative estimate of drug-likeness (QED) is 0.504. The summed E-state index contributed by atoms with van der Waals surface area (Å²) in [6, 6.07) is 2.84. The zero-order valence-electron chi connectivity index (χ0n) is 15.6. The van der Waals surface area contributed by atoms with Crippen molar-refractivity contribution in [2.75, 3.05) is 25.0 Å². The highest BCUT2D eigenvalue weighted by Crippen LogP contribution is 2.38. The first-order valence-electron chi connectivity index (χ1n) is 9.29. The highest BCUT2D eigenvalue weighted by atomic mass is 32.1. The lowest BCUT2D eigenvalue weighted by Crippen LogP contribution is -2.41. The van der Waals surface area contributed by atoms with Crippen molar-refractivity contribution < 1.29 is 8.78 Å². The smallest absolute Gasteiger partial charge is 0.188 e. The van der Waals surface area contributed by atoms with Gasteiger partial charge in [-0.15, -0.1) is 0 Å². The average molecular weight is 433 g/mol. The molecule has 5 rings (SSSR count). The minimum Gasteiger partial charge on any atom is -0.348 e. The van der Waals surface area contributed by atoms with E-state index < -0.39 is 11.6 Å². The maximum atomic E-state index is 14.7. The summed E-state index contributed by atoms with van der Waals surface area (Å²) in [5.41, 5.74) is 0.820. The average Bonchev–Trinajstić information content (AvgIpc) is 3.46. The summed E-state index contributed by atoms with van der Waals surface area (Å²) in [4.78, 5) is 12.9. The van der Waals surface area contributed by atoms with Crippen LogP contribution in [0.4, 0.5) is 13.9 Å². The van der Waals surface area contributed by atoms with E-state index in [1.807, 2.05) is 0 Å². The van der Waals surface area contributed by atoms with Crippen molar-refractivity contribution in [2.24, 2.45) is 0 Å². The van der Waals surface area contributed by atoms with E-state index >= 15 is 0 Å². The summed E-state index contributed by atoms with van der Waals surface area (Å²) in [7, 11) is 2.06. The van der Waals surface area contributed by atoms with Crippen molar-refractivity contribution in [3.8, 4) is 21.7 Å². The second-order valence-electron chi connectivity index (χ2n) is 7.02. The van der Waals surface area contributed by atoms with Gasteiger partial charge < -0.3 is 10.2 Å². The maximum absolute atomic E-state index is 14.7. The predicted octanol–water partition coefficient (Wildman–Crippen LogP) is 4.28. The van der Waals surface area contributed by atoms with Gasteiger partial charge in [0.2, 0.25) is 0 Å². The molecule has 29 heavy (non-hydrogen) atoms. The van der Waals surface area contributed by atoms with E-state index in [1.54, 1.807) is 0 Å². The number of aromatic amines is 1. The lowest BCUT2D eigenvalue weighted by atomic mass is 10.1. The van der Waals surface area contributed by atoms with Crippen LogP contribution in [0, 0.1) is 11.6 Å². The number of piperidine rings is 1. The number of aromatic nitrogens is 4. The molecule has 6 nitrogen and oxygen atoms in total. The molecular weight excluding hydrogens is 414 g/mol. The lowest BCUT2D eigenvalue weighted by Gasteiger charge is -2.31. The molecular formula is C19H18F2N6S2. The third-order valence-corrected chi connectivity index (χ3v) is 7.37. The molecule has 1 aliphatic rings. The summed E-state index contributed by atoms with van der Waals surface area (Å²) in [6.07, 6.45) is 5.15. The summed E-state index contributed by atoms with van der Waals surface area (Å²) in [5.74, 6) is -1.03. The second kappa shape index (κ2) is 7.43. The zero-order chi connectivity index (χ0) is 20.0. The van der Waals surface area contributed by atoms with Gasteiger partial charge >= 0.3 is 0 Å². The van der Waals surface area contributed by atoms with E-state index in [0.717, 1.165) is 40.7 Å². The molecule has 150 valence electrons. The van der Waals surface area contributed by atoms with Gasteiger partial charge in [-0.1, -0.05) is 22.7 Å². The zero-order valence-corrected chi connectivity index (χ0v) is 17.2. The van der Waals surface area contributed by atoms with E-state index in [9.17, 15) is 8.78 Å². The van der Waals surface area contributed by atoms with Crippen LogP contribution >= 0.6 is 22.7 Å². The summed E-state index contributed by atoms with van der Waals surface area (Å²) >= 11 is 2.78. The lowest BCUT2D eigenvalue weighted by molar-refractivity contribution is 0.443. The fourth-order valence-corrected chi connectivity index (χ4v) is 5.67. The molecule has 4 aromatic rings. The molecule has 10 heteroatoms. The molecule has 4 heterocycles. The number of H-pyrrole nitrogens is 1. The highest BCUT2D eigenvalue weighted by Gasteiger charge is 2.23. The normalized spacial score (nSPS) is 15.3. The van der Waals surface area contributed by atoms with Crippen LogP contribution in [0.15, 0.2) is 24.5 Å². The van der Waals surface area contributed by atoms with Gasteiger partial charge in [-0.3, -0.25) is 5.10 Å². The van der Waals surface area contributed by atoms with Crippen LogP contribution in [0.25, 0.3) is 31.4 Å². The Bertz CT molecular complexity index is 1120. The Kier molecular flexibility index (Phi) is 4.76. The molecule has 1 aliphatic heterocycles. The van der Waals surface area contributed by atoms with Crippen molar-refractivity contribution in [1.82, 2.24) is 25.5 Å². The molecule has 0 unspecified atom stereocenters. The molecule has 0 bridgehead atoms. The van der Waals surface area contributed by atoms with Crippen molar-refractivity contribution in [1.29, 1.82) is 0 Å². The molecule has 1 saturated heterocycles. The SMILES string of the molecule is CN(c1nc2sc(-c3cc(F)c(-c4cn[nH]c4)cc3F)nc2s1)C1CCNCC1. The van der Waals surface area contributed by atoms with Gasteiger partial charge in [-0.25, -0.2) is 18.7 Å². The molecule has 0 atom stereocenters. The van der Waals surface area contributed by atoms with E-state index in [2.05, 4.69) is 32.4 Å². The molecule has 1 fully saturated rings. The Morgan fingerprint density at radius 1 is 1.03 bits per heavy atom. The van der Waals surface area contributed by atoms with E-state index in [4.69, 9.17) is 4.98 Å². The standard InChI is InChI=1S/C19H18F2N6S2/c1-27(11-2-4-22-5-3-11)19-26-18-17(29-19)25-16(28-18)13-7-14(20)12(6-15(13)21)10-8-23-24-9-10/h6-9,11,22H,2-5H2,1H3,(H,23,24). The molecule has 2 N–H and O–H groups in total. The van der Waals surface area contributed by atoms with Crippen molar-refractivity contribution in [3.05, 3.63) is 36.2 Å². The Balaban J connectivity index is 1.45. The third-order valence-electron chi connectivity index (χ3n) is 5.22. The van der Waals surface area contributed by atoms with Gasteiger partial charge in [-0.05, 0) is 38.1 Å². The predicted molar refractivity (Wildman–Crippen MR) is 113 cm³/mol. The van der Waals surface area contributed by atoms with Crippen LogP contribution in [0.5, 0.6) is 0 Å². The van der Waals surface area contributed by atoms with Crippen LogP contribution in [0.3, 0.4) is 0 Å². The first kappa shape index (κ1) is 18.6. The molecule has 0 radical (unpaired) electrons. The van der Waals surface area contributed by atoms with Gasteiger partial charge in [0.05, 0.1) is 6.20 Å². The number of fused-ring (bicyclic) bond motifs is 1. The van der Waals surface area contributed by atoms with E-state index in [1.165, 1.54) is 47.2 Å². The van der Waals surface area contributed by atoms with Crippen molar-refractivity contribution >= 4 is 37.5 Å². The minimum atomic E-state index is -0.518. The van der Waals surface area contributed by atoms with E-state index in [-0.39, 0.29) is 11.1 Å². The molecule has 0 aliphatic carbocycles. The largest absolute Gasteiger partial charge is 0.348 e. The fraction of sp³-hybridized carbons (Fsp3) is 0.316. The number of thiazole rings is 2. The molecule has 1 aromatic carbocycles. The minimum absolute atomic E-state index is 0.151. The summed E-state index contributed by atoms with van der Waals surface area (Å²) in [5, 5.41) is 11.1. The van der Waals surface area contributed by atoms with Crippen LogP contribution in [-0.4, -0.2) is 46.3 Å². The highest BCUT2D eigenvalue weighted by molar-refractivity contribution is 7.29. The van der Waals surface area contributed by atoms with Gasteiger partial charge in [0.15, 0.2) is 14.8 Å². The topological polar surface area (TPSA) is 69.7 Å². The third kappa shape index (κ3) is 3.41. The van der Waals surface area contributed by atoms with E-state index in [0.29, 0.717) is 16.6 Å². The molecule has 3 aromatic heterocycles. The Hall–Kier alpha value is -2.43. The molecule has 0 amide bonds. The summed E-state index contributed by atoms with van der Waals surface area (Å²) < 4.78 is 29.3. The van der Waals surface area contributed by atoms with Gasteiger partial charge in [0, 0.05) is 36.0 Å². The van der Waals surface area contributed by atoms with Crippen molar-refractivity contribution in [2.45, 2.75) is 18.9 Å².